The van der Waals surface area contributed by atoms with Gasteiger partial charge in [-0.25, -0.2) is 4.39 Å². The Hall–Kier alpha value is -2.96. The summed E-state index contributed by atoms with van der Waals surface area (Å²) in [6, 6.07) is 10.8. The number of nitrogens with one attached hydrogen (secondary N) is 2. The van der Waals surface area contributed by atoms with Gasteiger partial charge >= 0.3 is 0 Å². The van der Waals surface area contributed by atoms with Crippen molar-refractivity contribution in [3.63, 3.8) is 0 Å². The Balaban J connectivity index is 2.07. The molecule has 0 aliphatic carbocycles. The minimum atomic E-state index is -0.563. The summed E-state index contributed by atoms with van der Waals surface area (Å²) in [6.45, 7) is 0. The second-order valence-electron chi connectivity index (χ2n) is 3.86. The first-order chi connectivity index (χ1) is 9.58. The van der Waals surface area contributed by atoms with Crippen molar-refractivity contribution in [2.45, 2.75) is 0 Å². The first kappa shape index (κ1) is 13.5. The first-order valence-electron chi connectivity index (χ1n) is 5.63. The lowest BCUT2D eigenvalue weighted by Crippen LogP contribution is -2.29. The van der Waals surface area contributed by atoms with E-state index in [1.807, 2.05) is 0 Å². The molecule has 0 aliphatic heterocycles. The zero-order valence-corrected chi connectivity index (χ0v) is 10.2. The van der Waals surface area contributed by atoms with E-state index in [9.17, 15) is 19.3 Å². The van der Waals surface area contributed by atoms with E-state index in [0.29, 0.717) is 0 Å². The van der Waals surface area contributed by atoms with E-state index >= 15 is 0 Å². The smallest absolute Gasteiger partial charge is 0.292 e. The van der Waals surface area contributed by atoms with Crippen LogP contribution in [0.25, 0.3) is 0 Å². The van der Waals surface area contributed by atoms with Gasteiger partial charge in [0.15, 0.2) is 0 Å². The van der Waals surface area contributed by atoms with Gasteiger partial charge in [-0.15, -0.1) is 0 Å². The largest absolute Gasteiger partial charge is 0.294 e. The molecular weight excluding hydrogens is 265 g/mol. The number of halogens is 1. The van der Waals surface area contributed by atoms with Gasteiger partial charge in [-0.3, -0.25) is 25.8 Å². The van der Waals surface area contributed by atoms with Gasteiger partial charge in [0.2, 0.25) is 0 Å². The number of nitro benzene ring substituents is 1. The number of rotatable bonds is 4. The molecule has 0 atom stereocenters. The summed E-state index contributed by atoms with van der Waals surface area (Å²) in [4.78, 5) is 22.0. The van der Waals surface area contributed by atoms with Gasteiger partial charge in [0.25, 0.3) is 11.6 Å². The maximum Gasteiger partial charge on any atom is 0.294 e. The summed E-state index contributed by atoms with van der Waals surface area (Å²) in [6.07, 6.45) is 0. The van der Waals surface area contributed by atoms with E-state index in [4.69, 9.17) is 0 Å². The number of anilines is 1. The summed E-state index contributed by atoms with van der Waals surface area (Å²) in [7, 11) is 0. The molecule has 0 heterocycles. The molecule has 0 saturated carbocycles. The number of carbonyl (C=O) groups excluding carboxylic acids is 1. The second-order valence-corrected chi connectivity index (χ2v) is 3.86. The lowest BCUT2D eigenvalue weighted by Gasteiger charge is -2.08. The SMILES string of the molecule is O=C(NNc1ccccc1[N+](=O)[O-])c1ccc(F)cc1. The summed E-state index contributed by atoms with van der Waals surface area (Å²) < 4.78 is 12.7. The molecule has 0 aliphatic rings. The Kier molecular flexibility index (Phi) is 3.90. The molecule has 0 fully saturated rings. The van der Waals surface area contributed by atoms with Crippen LogP contribution >= 0.6 is 0 Å². The summed E-state index contributed by atoms with van der Waals surface area (Å²) >= 11 is 0. The Morgan fingerprint density at radius 1 is 1.10 bits per heavy atom. The van der Waals surface area contributed by atoms with Gasteiger partial charge in [0.1, 0.15) is 11.5 Å². The van der Waals surface area contributed by atoms with Crippen LogP contribution in [0.4, 0.5) is 15.8 Å². The van der Waals surface area contributed by atoms with Gasteiger partial charge < -0.3 is 0 Å². The lowest BCUT2D eigenvalue weighted by molar-refractivity contribution is -0.384. The third-order valence-corrected chi connectivity index (χ3v) is 2.52. The standard InChI is InChI=1S/C13H10FN3O3/c14-10-7-5-9(6-8-10)13(18)16-15-11-3-1-2-4-12(11)17(19)20/h1-8,15H,(H,16,18). The predicted octanol–water partition coefficient (Wildman–Crippen LogP) is 2.49. The van der Waals surface area contributed by atoms with Crippen LogP contribution in [-0.2, 0) is 0 Å². The third-order valence-electron chi connectivity index (χ3n) is 2.52. The average molecular weight is 275 g/mol. The molecule has 2 aromatic rings. The van der Waals surface area contributed by atoms with Crippen molar-refractivity contribution in [1.82, 2.24) is 5.43 Å². The molecule has 1 amide bonds. The molecule has 102 valence electrons. The fourth-order valence-corrected chi connectivity index (χ4v) is 1.54. The van der Waals surface area contributed by atoms with Crippen LogP contribution in [0.3, 0.4) is 0 Å². The number of hydrazine groups is 1. The number of carbonyl (C=O) groups is 1. The van der Waals surface area contributed by atoms with Crippen LogP contribution < -0.4 is 10.9 Å². The molecular formula is C13H10FN3O3. The van der Waals surface area contributed by atoms with Crippen LogP contribution in [0, 0.1) is 15.9 Å². The molecule has 0 saturated heterocycles. The number of amides is 1. The van der Waals surface area contributed by atoms with Crippen LogP contribution in [0.2, 0.25) is 0 Å². The Morgan fingerprint density at radius 3 is 2.40 bits per heavy atom. The van der Waals surface area contributed by atoms with Crippen molar-refractivity contribution in [3.8, 4) is 0 Å². The van der Waals surface area contributed by atoms with Crippen molar-refractivity contribution < 1.29 is 14.1 Å². The van der Waals surface area contributed by atoms with E-state index in [1.54, 1.807) is 6.07 Å². The van der Waals surface area contributed by atoms with E-state index in [-0.39, 0.29) is 16.9 Å². The molecule has 0 bridgehead atoms. The highest BCUT2D eigenvalue weighted by molar-refractivity contribution is 5.95. The number of hydrogen-bond acceptors (Lipinski definition) is 4. The molecule has 6 nitrogen and oxygen atoms in total. The van der Waals surface area contributed by atoms with E-state index in [0.717, 1.165) is 12.1 Å². The second kappa shape index (κ2) is 5.79. The van der Waals surface area contributed by atoms with Gasteiger partial charge in [-0.2, -0.15) is 0 Å². The highest BCUT2D eigenvalue weighted by Gasteiger charge is 2.13. The summed E-state index contributed by atoms with van der Waals surface area (Å²) in [5, 5.41) is 10.8. The number of benzene rings is 2. The van der Waals surface area contributed by atoms with Crippen LogP contribution in [-0.4, -0.2) is 10.8 Å². The maximum atomic E-state index is 12.7. The maximum absolute atomic E-state index is 12.7. The number of nitro groups is 1. The quantitative estimate of drug-likeness (QED) is 0.663. The van der Waals surface area contributed by atoms with Crippen LogP contribution in [0.15, 0.2) is 48.5 Å². The molecule has 0 unspecified atom stereocenters. The summed E-state index contributed by atoms with van der Waals surface area (Å²) in [5.74, 6) is -0.976. The van der Waals surface area contributed by atoms with Gasteiger partial charge in [0, 0.05) is 11.6 Å². The average Bonchev–Trinajstić information content (AvgIpc) is 2.45. The van der Waals surface area contributed by atoms with E-state index in [2.05, 4.69) is 10.9 Å². The normalized spacial score (nSPS) is 9.85. The van der Waals surface area contributed by atoms with Crippen molar-refractivity contribution in [3.05, 3.63) is 70.0 Å². The van der Waals surface area contributed by atoms with Gasteiger partial charge in [-0.1, -0.05) is 12.1 Å². The molecule has 2 rings (SSSR count). The highest BCUT2D eigenvalue weighted by atomic mass is 19.1. The third kappa shape index (κ3) is 3.08. The fraction of sp³-hybridized carbons (Fsp3) is 0. The number of nitrogens with zero attached hydrogens (tertiary/aromatic N) is 1. The lowest BCUT2D eigenvalue weighted by atomic mass is 10.2. The minimum absolute atomic E-state index is 0.160. The zero-order valence-electron chi connectivity index (χ0n) is 10.2. The van der Waals surface area contributed by atoms with Crippen molar-refractivity contribution in [1.29, 1.82) is 0 Å². The monoisotopic (exact) mass is 275 g/mol. The predicted molar refractivity (Wildman–Crippen MR) is 70.6 cm³/mol. The molecule has 2 N–H and O–H groups in total. The highest BCUT2D eigenvalue weighted by Crippen LogP contribution is 2.22. The minimum Gasteiger partial charge on any atom is -0.292 e. The Morgan fingerprint density at radius 2 is 1.75 bits per heavy atom. The fourth-order valence-electron chi connectivity index (χ4n) is 1.54. The summed E-state index contributed by atoms with van der Waals surface area (Å²) in [5.41, 5.74) is 5.02. The first-order valence-corrected chi connectivity index (χ1v) is 5.63. The molecule has 0 spiro atoms. The Bertz CT molecular complexity index is 644. The van der Waals surface area contributed by atoms with Crippen LogP contribution in [0.5, 0.6) is 0 Å². The molecule has 2 aromatic carbocycles. The molecule has 0 radical (unpaired) electrons. The molecule has 20 heavy (non-hydrogen) atoms. The van der Waals surface area contributed by atoms with Crippen molar-refractivity contribution in [2.24, 2.45) is 0 Å². The molecule has 7 heteroatoms. The Labute approximate surface area is 113 Å². The van der Waals surface area contributed by atoms with Crippen LogP contribution in [0.1, 0.15) is 10.4 Å². The van der Waals surface area contributed by atoms with Gasteiger partial charge in [0.05, 0.1) is 4.92 Å². The van der Waals surface area contributed by atoms with Gasteiger partial charge in [-0.05, 0) is 30.3 Å². The zero-order chi connectivity index (χ0) is 14.5. The number of para-hydroxylation sites is 2. The van der Waals surface area contributed by atoms with E-state index in [1.165, 1.54) is 30.3 Å². The number of hydrogen-bond donors (Lipinski definition) is 2. The van der Waals surface area contributed by atoms with Crippen molar-refractivity contribution >= 4 is 17.3 Å². The van der Waals surface area contributed by atoms with E-state index < -0.39 is 16.6 Å². The topological polar surface area (TPSA) is 84.3 Å². The molecule has 0 aromatic heterocycles. The van der Waals surface area contributed by atoms with Crippen molar-refractivity contribution in [2.75, 3.05) is 5.43 Å².